The maximum atomic E-state index is 10.7. The first kappa shape index (κ1) is 13.6. The van der Waals surface area contributed by atoms with Gasteiger partial charge < -0.3 is 9.29 Å². The van der Waals surface area contributed by atoms with Crippen LogP contribution in [-0.2, 0) is 11.1 Å². The van der Waals surface area contributed by atoms with Crippen LogP contribution in [0.3, 0.4) is 0 Å². The van der Waals surface area contributed by atoms with E-state index in [2.05, 4.69) is 15.9 Å². The molecule has 13 heavy (non-hydrogen) atoms. The molecule has 0 radical (unpaired) electrons. The summed E-state index contributed by atoms with van der Waals surface area (Å²) < 4.78 is 25.2. The fourth-order valence-electron chi connectivity index (χ4n) is 0.787. The number of methoxy groups -OCH3 is 1. The zero-order valence-corrected chi connectivity index (χ0v) is 8.68. The van der Waals surface area contributed by atoms with Gasteiger partial charge in [0.25, 0.3) is 0 Å². The van der Waals surface area contributed by atoms with Gasteiger partial charge in [-0.1, -0.05) is 15.9 Å². The molecule has 0 saturated carbocycles. The van der Waals surface area contributed by atoms with Gasteiger partial charge in [-0.2, -0.15) is 0 Å². The summed E-state index contributed by atoms with van der Waals surface area (Å²) in [6.45, 7) is 0. The van der Waals surface area contributed by atoms with Crippen LogP contribution in [0.15, 0.2) is 27.6 Å². The van der Waals surface area contributed by atoms with Gasteiger partial charge in [-0.25, -0.2) is 4.21 Å². The molecule has 0 fully saturated rings. The third-order valence-electron chi connectivity index (χ3n) is 1.31. The molecule has 1 N–H and O–H groups in total. The molecule has 0 saturated heterocycles. The summed E-state index contributed by atoms with van der Waals surface area (Å²) in [5, 5.41) is 0. The van der Waals surface area contributed by atoms with Gasteiger partial charge in [0.05, 0.1) is 7.11 Å². The summed E-state index contributed by atoms with van der Waals surface area (Å²) in [6, 6.07) is 4.93. The van der Waals surface area contributed by atoms with Crippen LogP contribution in [0.2, 0.25) is 0 Å². The second-order valence-corrected chi connectivity index (χ2v) is 3.90. The third-order valence-corrected chi connectivity index (χ3v) is 2.50. The average molecular weight is 275 g/mol. The summed E-state index contributed by atoms with van der Waals surface area (Å²) in [7, 11) is 1.46. The molecule has 0 aromatic heterocycles. The molecule has 1 unspecified atom stereocenters. The molecular weight excluding hydrogens is 267 g/mol. The van der Waals surface area contributed by atoms with Gasteiger partial charge in [0.2, 0.25) is 0 Å². The van der Waals surface area contributed by atoms with Gasteiger partial charge in [0.15, 0.2) is 11.1 Å². The number of hydrogen-bond donors (Lipinski definition) is 1. The monoisotopic (exact) mass is 274 g/mol. The van der Waals surface area contributed by atoms with Gasteiger partial charge in [-0.15, -0.1) is 0 Å². The Balaban J connectivity index is 0.00000144. The van der Waals surface area contributed by atoms with Crippen LogP contribution < -0.4 is 4.74 Å². The molecule has 68 valence electrons. The third kappa shape index (κ3) is 3.69. The summed E-state index contributed by atoms with van der Waals surface area (Å²) in [6.07, 6.45) is 0. The fourth-order valence-corrected chi connectivity index (χ4v) is 1.85. The summed E-state index contributed by atoms with van der Waals surface area (Å²) in [5.41, 5.74) is 0. The van der Waals surface area contributed by atoms with E-state index < -0.39 is 11.1 Å². The molecule has 1 aromatic rings. The van der Waals surface area contributed by atoms with E-state index in [1.807, 2.05) is 0 Å². The van der Waals surface area contributed by atoms with Crippen molar-refractivity contribution in [1.82, 2.24) is 0 Å². The van der Waals surface area contributed by atoms with Gasteiger partial charge >= 0.3 is 29.6 Å². The summed E-state index contributed by atoms with van der Waals surface area (Å²) in [5.74, 6) is 0.416. The van der Waals surface area contributed by atoms with Gasteiger partial charge in [0, 0.05) is 4.47 Å². The van der Waals surface area contributed by atoms with Crippen molar-refractivity contribution in [3.63, 3.8) is 0 Å². The van der Waals surface area contributed by atoms with Crippen molar-refractivity contribution < 1.29 is 13.5 Å². The van der Waals surface area contributed by atoms with E-state index in [9.17, 15) is 4.21 Å². The van der Waals surface area contributed by atoms with Crippen LogP contribution >= 0.6 is 15.9 Å². The zero-order valence-electron chi connectivity index (χ0n) is 6.28. The van der Waals surface area contributed by atoms with Crippen LogP contribution in [0.4, 0.5) is 0 Å². The van der Waals surface area contributed by atoms with E-state index in [0.717, 1.165) is 4.47 Å². The number of halogens is 1. The molecule has 1 rings (SSSR count). The van der Waals surface area contributed by atoms with Crippen molar-refractivity contribution in [1.29, 1.82) is 0 Å². The first-order chi connectivity index (χ1) is 5.65. The Morgan fingerprint density at radius 1 is 1.54 bits per heavy atom. The van der Waals surface area contributed by atoms with E-state index in [-0.39, 0.29) is 34.5 Å². The van der Waals surface area contributed by atoms with Gasteiger partial charge in [-0.3, -0.25) is 0 Å². The quantitative estimate of drug-likeness (QED) is 0.655. The molecule has 0 heterocycles. The summed E-state index contributed by atoms with van der Waals surface area (Å²) in [4.78, 5) is 0.270. The Morgan fingerprint density at radius 2 is 2.15 bits per heavy atom. The topological polar surface area (TPSA) is 46.5 Å². The molecule has 0 amide bonds. The van der Waals surface area contributed by atoms with Gasteiger partial charge in [0.1, 0.15) is 10.6 Å². The van der Waals surface area contributed by atoms with Crippen LogP contribution in [-0.4, -0.2) is 45.4 Å². The molecule has 0 aliphatic rings. The Kier molecular flexibility index (Phi) is 6.45. The minimum atomic E-state index is -2.01. The van der Waals surface area contributed by atoms with Crippen LogP contribution in [0.5, 0.6) is 5.75 Å². The molecule has 6 heteroatoms. The summed E-state index contributed by atoms with van der Waals surface area (Å²) >= 11 is 1.19. The van der Waals surface area contributed by atoms with Crippen LogP contribution in [0.1, 0.15) is 0 Å². The first-order valence-electron chi connectivity index (χ1n) is 3.09. The Morgan fingerprint density at radius 3 is 2.62 bits per heavy atom. The van der Waals surface area contributed by atoms with Crippen LogP contribution in [0.25, 0.3) is 0 Å². The van der Waals surface area contributed by atoms with Crippen molar-refractivity contribution in [3.8, 4) is 5.75 Å². The number of hydrogen-bond acceptors (Lipinski definition) is 2. The minimum absolute atomic E-state index is 0. The second-order valence-electron chi connectivity index (χ2n) is 2.04. The molecule has 1 aromatic carbocycles. The predicted octanol–water partition coefficient (Wildman–Crippen LogP) is 1.39. The molecule has 1 atom stereocenters. The zero-order chi connectivity index (χ0) is 9.14. The molecule has 0 bridgehead atoms. The van der Waals surface area contributed by atoms with Crippen LogP contribution in [0, 0.1) is 0 Å². The number of rotatable bonds is 2. The molecule has 0 aliphatic heterocycles. The number of ether oxygens (including phenoxy) is 1. The molecular formula is C7H8BrNaO3S. The van der Waals surface area contributed by atoms with Crippen molar-refractivity contribution in [2.45, 2.75) is 4.90 Å². The standard InChI is InChI=1S/C7H7BrO3S.Na.H/c1-11-6-3-2-5(8)4-7(6)12(9)10;;/h2-4H,1H3,(H,9,10);;. The Bertz CT molecular complexity index is 319. The van der Waals surface area contributed by atoms with E-state index in [1.165, 1.54) is 7.11 Å². The first-order valence-corrected chi connectivity index (χ1v) is 4.99. The predicted molar refractivity (Wildman–Crippen MR) is 56.9 cm³/mol. The fraction of sp³-hybridized carbons (Fsp3) is 0.143. The van der Waals surface area contributed by atoms with E-state index in [0.29, 0.717) is 5.75 Å². The van der Waals surface area contributed by atoms with Crippen molar-refractivity contribution in [2.75, 3.05) is 7.11 Å². The second kappa shape index (κ2) is 6.16. The maximum absolute atomic E-state index is 10.7. The molecule has 0 spiro atoms. The Labute approximate surface area is 110 Å². The molecule has 0 aliphatic carbocycles. The number of benzene rings is 1. The van der Waals surface area contributed by atoms with Gasteiger partial charge in [-0.05, 0) is 18.2 Å². The van der Waals surface area contributed by atoms with Crippen molar-refractivity contribution >= 4 is 56.6 Å². The normalized spacial score (nSPS) is 11.6. The molecule has 3 nitrogen and oxygen atoms in total. The van der Waals surface area contributed by atoms with E-state index in [4.69, 9.17) is 9.29 Å². The SMILES string of the molecule is COc1ccc(Br)cc1S(=O)O.[NaH]. The van der Waals surface area contributed by atoms with Crippen molar-refractivity contribution in [3.05, 3.63) is 22.7 Å². The van der Waals surface area contributed by atoms with E-state index in [1.54, 1.807) is 18.2 Å². The van der Waals surface area contributed by atoms with E-state index >= 15 is 0 Å². The van der Waals surface area contributed by atoms with Crippen molar-refractivity contribution in [2.24, 2.45) is 0 Å². The Hall–Kier alpha value is 0.610. The average Bonchev–Trinajstić information content (AvgIpc) is 2.04.